The Labute approximate surface area is 222 Å². The molecule has 0 radical (unpaired) electrons. The number of nitrogens with zero attached hydrogens (tertiary/aromatic N) is 3. The van der Waals surface area contributed by atoms with Gasteiger partial charge >= 0.3 is 0 Å². The maximum atomic E-state index is 13.5. The van der Waals surface area contributed by atoms with Crippen LogP contribution in [0.2, 0.25) is 0 Å². The summed E-state index contributed by atoms with van der Waals surface area (Å²) in [6.45, 7) is 5.77. The van der Waals surface area contributed by atoms with Crippen LogP contribution in [0.25, 0.3) is 27.7 Å². The first-order valence-corrected chi connectivity index (χ1v) is 12.7. The molecule has 0 spiro atoms. The van der Waals surface area contributed by atoms with Crippen LogP contribution in [0, 0.1) is 6.92 Å². The maximum absolute atomic E-state index is 13.5. The molecule has 6 heteroatoms. The molecule has 0 bridgehead atoms. The third kappa shape index (κ3) is 5.34. The molecule has 6 nitrogen and oxygen atoms in total. The molecule has 1 N–H and O–H groups in total. The van der Waals surface area contributed by atoms with Crippen LogP contribution < -0.4 is 5.32 Å². The number of benzene rings is 4. The third-order valence-corrected chi connectivity index (χ3v) is 6.52. The number of aryl methyl sites for hydroxylation is 1. The summed E-state index contributed by atoms with van der Waals surface area (Å²) in [5, 5.41) is 9.84. The predicted octanol–water partition coefficient (Wildman–Crippen LogP) is 6.49. The molecule has 0 aliphatic heterocycles. The van der Waals surface area contributed by atoms with Crippen LogP contribution in [-0.4, -0.2) is 39.1 Å². The van der Waals surface area contributed by atoms with Gasteiger partial charge in [-0.1, -0.05) is 78.4 Å². The van der Waals surface area contributed by atoms with Gasteiger partial charge in [-0.05, 0) is 55.8 Å². The van der Waals surface area contributed by atoms with Crippen LogP contribution in [0.1, 0.15) is 29.8 Å². The zero-order chi connectivity index (χ0) is 26.6. The van der Waals surface area contributed by atoms with E-state index in [4.69, 9.17) is 5.10 Å². The third-order valence-electron chi connectivity index (χ3n) is 6.52. The Bertz CT molecular complexity index is 1590. The first-order chi connectivity index (χ1) is 18.4. The van der Waals surface area contributed by atoms with Gasteiger partial charge in [-0.15, -0.1) is 0 Å². The minimum atomic E-state index is -0.291. The lowest BCUT2D eigenvalue weighted by molar-refractivity contribution is -0.117. The first-order valence-electron chi connectivity index (χ1n) is 12.7. The highest BCUT2D eigenvalue weighted by Gasteiger charge is 2.23. The number of amides is 2. The molecule has 4 aromatic carbocycles. The Morgan fingerprint density at radius 3 is 2.24 bits per heavy atom. The van der Waals surface area contributed by atoms with E-state index in [1.807, 2.05) is 124 Å². The number of fused-ring (bicyclic) bond motifs is 1. The fourth-order valence-electron chi connectivity index (χ4n) is 4.42. The van der Waals surface area contributed by atoms with Crippen molar-refractivity contribution in [1.82, 2.24) is 14.7 Å². The molecule has 5 rings (SSSR count). The van der Waals surface area contributed by atoms with Gasteiger partial charge in [0.2, 0.25) is 5.91 Å². The van der Waals surface area contributed by atoms with Crippen molar-refractivity contribution in [3.05, 3.63) is 114 Å². The second kappa shape index (κ2) is 10.7. The Kier molecular flexibility index (Phi) is 7.05. The Balaban J connectivity index is 1.41. The van der Waals surface area contributed by atoms with Crippen molar-refractivity contribution in [2.45, 2.75) is 26.8 Å². The number of carbonyl (C=O) groups is 2. The molecule has 0 aliphatic carbocycles. The zero-order valence-corrected chi connectivity index (χ0v) is 21.8. The molecule has 0 fully saturated rings. The van der Waals surface area contributed by atoms with Crippen LogP contribution in [0.5, 0.6) is 0 Å². The molecule has 0 atom stereocenters. The summed E-state index contributed by atoms with van der Waals surface area (Å²) >= 11 is 0. The normalized spacial score (nSPS) is 11.1. The van der Waals surface area contributed by atoms with E-state index in [0.717, 1.165) is 33.3 Å². The molecule has 38 heavy (non-hydrogen) atoms. The first kappa shape index (κ1) is 25.0. The van der Waals surface area contributed by atoms with E-state index < -0.39 is 0 Å². The van der Waals surface area contributed by atoms with E-state index in [9.17, 15) is 9.59 Å². The van der Waals surface area contributed by atoms with Crippen molar-refractivity contribution in [1.29, 1.82) is 0 Å². The van der Waals surface area contributed by atoms with Gasteiger partial charge in [-0.2, -0.15) is 5.10 Å². The van der Waals surface area contributed by atoms with Gasteiger partial charge < -0.3 is 10.2 Å². The lowest BCUT2D eigenvalue weighted by atomic mass is 10.1. The van der Waals surface area contributed by atoms with Crippen molar-refractivity contribution >= 4 is 28.4 Å². The fourth-order valence-corrected chi connectivity index (χ4v) is 4.42. The minimum absolute atomic E-state index is 0.0803. The van der Waals surface area contributed by atoms with Crippen molar-refractivity contribution in [3.8, 4) is 16.9 Å². The van der Waals surface area contributed by atoms with Gasteiger partial charge in [-0.25, -0.2) is 4.68 Å². The van der Waals surface area contributed by atoms with E-state index in [1.54, 1.807) is 9.58 Å². The lowest BCUT2D eigenvalue weighted by Crippen LogP contribution is -2.42. The summed E-state index contributed by atoms with van der Waals surface area (Å²) in [6, 6.07) is 33.0. The number of nitrogens with one attached hydrogen (secondary N) is 1. The van der Waals surface area contributed by atoms with E-state index in [0.29, 0.717) is 11.4 Å². The van der Waals surface area contributed by atoms with Crippen molar-refractivity contribution in [3.63, 3.8) is 0 Å². The zero-order valence-electron chi connectivity index (χ0n) is 21.8. The average molecular weight is 503 g/mol. The van der Waals surface area contributed by atoms with Crippen molar-refractivity contribution in [2.75, 3.05) is 11.9 Å². The topological polar surface area (TPSA) is 67.2 Å². The number of anilines is 1. The van der Waals surface area contributed by atoms with Gasteiger partial charge in [0, 0.05) is 23.2 Å². The van der Waals surface area contributed by atoms with E-state index in [-0.39, 0.29) is 24.4 Å². The maximum Gasteiger partial charge on any atom is 0.254 e. The Morgan fingerprint density at radius 1 is 0.842 bits per heavy atom. The number of carbonyl (C=O) groups excluding carboxylic acids is 2. The van der Waals surface area contributed by atoms with Gasteiger partial charge in [0.05, 0.1) is 11.4 Å². The molecule has 1 aromatic heterocycles. The molecule has 0 saturated heterocycles. The summed E-state index contributed by atoms with van der Waals surface area (Å²) in [7, 11) is 0. The van der Waals surface area contributed by atoms with Crippen LogP contribution in [-0.2, 0) is 4.79 Å². The molecule has 0 saturated carbocycles. The summed E-state index contributed by atoms with van der Waals surface area (Å²) in [5.41, 5.74) is 4.22. The van der Waals surface area contributed by atoms with Gasteiger partial charge in [0.1, 0.15) is 12.4 Å². The van der Waals surface area contributed by atoms with Crippen LogP contribution in [0.4, 0.5) is 5.82 Å². The minimum Gasteiger partial charge on any atom is -0.327 e. The molecule has 2 amide bonds. The van der Waals surface area contributed by atoms with Crippen LogP contribution in [0.15, 0.2) is 103 Å². The highest BCUT2D eigenvalue weighted by molar-refractivity contribution is 6.01. The molecular weight excluding hydrogens is 472 g/mol. The lowest BCUT2D eigenvalue weighted by Gasteiger charge is -2.26. The van der Waals surface area contributed by atoms with E-state index in [1.165, 1.54) is 0 Å². The molecule has 1 heterocycles. The Morgan fingerprint density at radius 2 is 1.53 bits per heavy atom. The van der Waals surface area contributed by atoms with E-state index >= 15 is 0 Å². The van der Waals surface area contributed by atoms with Gasteiger partial charge in [-0.3, -0.25) is 9.59 Å². The second-order valence-electron chi connectivity index (χ2n) is 9.67. The fraction of sp³-hybridized carbons (Fsp3) is 0.156. The standard InChI is InChI=1S/C32H30N4O2/c1-22(2)35(32(38)27-16-15-24-9-7-8-12-26(24)19-27)21-31(37)33-30-20-29(25-10-5-4-6-11-25)34-36(30)28-17-13-23(3)14-18-28/h4-20,22H,21H2,1-3H3,(H,33,37). The smallest absolute Gasteiger partial charge is 0.254 e. The van der Waals surface area contributed by atoms with Gasteiger partial charge in [0.15, 0.2) is 0 Å². The number of rotatable bonds is 7. The largest absolute Gasteiger partial charge is 0.327 e. The van der Waals surface area contributed by atoms with E-state index in [2.05, 4.69) is 5.32 Å². The van der Waals surface area contributed by atoms with Crippen LogP contribution >= 0.6 is 0 Å². The van der Waals surface area contributed by atoms with Crippen molar-refractivity contribution < 1.29 is 9.59 Å². The summed E-state index contributed by atoms with van der Waals surface area (Å²) < 4.78 is 1.73. The summed E-state index contributed by atoms with van der Waals surface area (Å²) in [4.78, 5) is 28.4. The van der Waals surface area contributed by atoms with Crippen molar-refractivity contribution in [2.24, 2.45) is 0 Å². The summed E-state index contributed by atoms with van der Waals surface area (Å²) in [5.74, 6) is 0.0678. The Hall–Kier alpha value is -4.71. The molecule has 190 valence electrons. The summed E-state index contributed by atoms with van der Waals surface area (Å²) in [6.07, 6.45) is 0. The van der Waals surface area contributed by atoms with Crippen LogP contribution in [0.3, 0.4) is 0 Å². The number of aromatic nitrogens is 2. The molecule has 0 unspecified atom stereocenters. The number of hydrogen-bond acceptors (Lipinski definition) is 3. The number of hydrogen-bond donors (Lipinski definition) is 1. The average Bonchev–Trinajstić information content (AvgIpc) is 3.35. The molecule has 0 aliphatic rings. The molecule has 5 aromatic rings. The quantitative estimate of drug-likeness (QED) is 0.277. The highest BCUT2D eigenvalue weighted by atomic mass is 16.2. The monoisotopic (exact) mass is 502 g/mol. The molecular formula is C32H30N4O2. The SMILES string of the molecule is Cc1ccc(-n2nc(-c3ccccc3)cc2NC(=O)CN(C(=O)c2ccc3ccccc3c2)C(C)C)cc1. The van der Waals surface area contributed by atoms with Gasteiger partial charge in [0.25, 0.3) is 5.91 Å². The second-order valence-corrected chi connectivity index (χ2v) is 9.67. The highest BCUT2D eigenvalue weighted by Crippen LogP contribution is 2.25. The predicted molar refractivity (Wildman–Crippen MR) is 152 cm³/mol.